The maximum Gasteiger partial charge on any atom is 0.243 e. The zero-order valence-electron chi connectivity index (χ0n) is 18.5. The summed E-state index contributed by atoms with van der Waals surface area (Å²) in [5.41, 5.74) is 2.54. The molecule has 1 saturated heterocycles. The number of nitrogens with one attached hydrogen (secondary N) is 1. The van der Waals surface area contributed by atoms with E-state index in [4.69, 9.17) is 4.74 Å². The zero-order chi connectivity index (χ0) is 23.3. The molecule has 7 nitrogen and oxygen atoms in total. The number of hydrogen-bond donors (Lipinski definition) is 1. The van der Waals surface area contributed by atoms with Gasteiger partial charge < -0.3 is 10.1 Å². The van der Waals surface area contributed by atoms with Crippen molar-refractivity contribution in [3.63, 3.8) is 0 Å². The molecule has 2 aromatic carbocycles. The highest BCUT2D eigenvalue weighted by Gasteiger charge is 2.25. The van der Waals surface area contributed by atoms with E-state index in [9.17, 15) is 13.2 Å². The second-order valence-electron chi connectivity index (χ2n) is 7.93. The standard InChI is InChI=1S/C24H27N3O4S2/c1-31-21-9-7-19(8-10-21)24-26-20(17-32-24)15-23(28)25-16-18-5-11-22(12-6-18)33(29,30)27-13-3-2-4-14-27/h5-12,17H,2-4,13-16H2,1H3,(H,25,28). The van der Waals surface area contributed by atoms with Gasteiger partial charge >= 0.3 is 0 Å². The summed E-state index contributed by atoms with van der Waals surface area (Å²) in [7, 11) is -1.82. The number of aromatic nitrogens is 1. The van der Waals surface area contributed by atoms with Gasteiger partial charge in [-0.1, -0.05) is 18.6 Å². The Labute approximate surface area is 198 Å². The van der Waals surface area contributed by atoms with Crippen LogP contribution in [0.5, 0.6) is 5.75 Å². The second-order valence-corrected chi connectivity index (χ2v) is 10.7. The number of sulfonamides is 1. The monoisotopic (exact) mass is 485 g/mol. The van der Waals surface area contributed by atoms with Crippen molar-refractivity contribution < 1.29 is 17.9 Å². The lowest BCUT2D eigenvalue weighted by atomic mass is 10.2. The Morgan fingerprint density at radius 2 is 1.76 bits per heavy atom. The predicted molar refractivity (Wildman–Crippen MR) is 129 cm³/mol. The van der Waals surface area contributed by atoms with Crippen molar-refractivity contribution in [2.45, 2.75) is 37.1 Å². The molecule has 1 aliphatic rings. The molecule has 3 aromatic rings. The SMILES string of the molecule is COc1ccc(-c2nc(CC(=O)NCc3ccc(S(=O)(=O)N4CCCCC4)cc3)cs2)cc1. The van der Waals surface area contributed by atoms with Gasteiger partial charge in [0.1, 0.15) is 10.8 Å². The molecule has 1 amide bonds. The summed E-state index contributed by atoms with van der Waals surface area (Å²) in [6.45, 7) is 1.49. The largest absolute Gasteiger partial charge is 0.497 e. The molecule has 33 heavy (non-hydrogen) atoms. The summed E-state index contributed by atoms with van der Waals surface area (Å²) >= 11 is 1.50. The molecular formula is C24H27N3O4S2. The number of nitrogens with zero attached hydrogens (tertiary/aromatic N) is 2. The first-order valence-corrected chi connectivity index (χ1v) is 13.2. The summed E-state index contributed by atoms with van der Waals surface area (Å²) in [5, 5.41) is 5.62. The van der Waals surface area contributed by atoms with Gasteiger partial charge in [-0.3, -0.25) is 4.79 Å². The minimum Gasteiger partial charge on any atom is -0.497 e. The van der Waals surface area contributed by atoms with E-state index in [0.29, 0.717) is 30.2 Å². The number of methoxy groups -OCH3 is 1. The second kappa shape index (κ2) is 10.5. The molecule has 174 valence electrons. The number of hydrogen-bond acceptors (Lipinski definition) is 6. The highest BCUT2D eigenvalue weighted by Crippen LogP contribution is 2.26. The van der Waals surface area contributed by atoms with Crippen molar-refractivity contribution in [2.75, 3.05) is 20.2 Å². The zero-order valence-corrected chi connectivity index (χ0v) is 20.1. The minimum absolute atomic E-state index is 0.133. The fourth-order valence-electron chi connectivity index (χ4n) is 3.72. The quantitative estimate of drug-likeness (QED) is 0.524. The molecule has 0 unspecified atom stereocenters. The Morgan fingerprint density at radius 1 is 1.06 bits per heavy atom. The summed E-state index contributed by atoms with van der Waals surface area (Å²) < 4.78 is 32.2. The van der Waals surface area contributed by atoms with E-state index in [1.165, 1.54) is 11.3 Å². The third-order valence-corrected chi connectivity index (χ3v) is 8.45. The molecule has 0 saturated carbocycles. The molecule has 1 aliphatic heterocycles. The maximum absolute atomic E-state index is 12.7. The van der Waals surface area contributed by atoms with E-state index in [2.05, 4.69) is 10.3 Å². The lowest BCUT2D eigenvalue weighted by molar-refractivity contribution is -0.120. The topological polar surface area (TPSA) is 88.6 Å². The van der Waals surface area contributed by atoms with Gasteiger partial charge in [-0.05, 0) is 54.8 Å². The number of piperidine rings is 1. The molecule has 0 radical (unpaired) electrons. The van der Waals surface area contributed by atoms with Crippen LogP contribution in [0.2, 0.25) is 0 Å². The van der Waals surface area contributed by atoms with Gasteiger partial charge in [-0.2, -0.15) is 4.31 Å². The van der Waals surface area contributed by atoms with Crippen LogP contribution < -0.4 is 10.1 Å². The van der Waals surface area contributed by atoms with Crippen molar-refractivity contribution in [3.05, 3.63) is 65.2 Å². The number of thiazole rings is 1. The van der Waals surface area contributed by atoms with Gasteiger partial charge in [-0.15, -0.1) is 11.3 Å². The fourth-order valence-corrected chi connectivity index (χ4v) is 6.06. The molecule has 0 spiro atoms. The molecular weight excluding hydrogens is 458 g/mol. The van der Waals surface area contributed by atoms with Crippen molar-refractivity contribution in [3.8, 4) is 16.3 Å². The van der Waals surface area contributed by atoms with E-state index in [1.807, 2.05) is 29.6 Å². The summed E-state index contributed by atoms with van der Waals surface area (Å²) in [4.78, 5) is 17.2. The van der Waals surface area contributed by atoms with Crippen LogP contribution in [0.1, 0.15) is 30.5 Å². The first-order chi connectivity index (χ1) is 16.0. The third kappa shape index (κ3) is 5.79. The smallest absolute Gasteiger partial charge is 0.243 e. The Hall–Kier alpha value is -2.75. The number of ether oxygens (including phenoxy) is 1. The van der Waals surface area contributed by atoms with Crippen LogP contribution in [-0.2, 0) is 27.8 Å². The molecule has 1 fully saturated rings. The van der Waals surface area contributed by atoms with Crippen molar-refractivity contribution >= 4 is 27.3 Å². The van der Waals surface area contributed by atoms with Gasteiger partial charge in [-0.25, -0.2) is 13.4 Å². The van der Waals surface area contributed by atoms with E-state index < -0.39 is 10.0 Å². The number of rotatable bonds is 8. The number of carbonyl (C=O) groups excluding carboxylic acids is 1. The van der Waals surface area contributed by atoms with Crippen LogP contribution in [0, 0.1) is 0 Å². The van der Waals surface area contributed by atoms with Gasteiger partial charge in [0.25, 0.3) is 0 Å². The Bertz CT molecular complexity index is 1180. The first-order valence-electron chi connectivity index (χ1n) is 10.9. The van der Waals surface area contributed by atoms with Crippen molar-refractivity contribution in [1.82, 2.24) is 14.6 Å². The molecule has 4 rings (SSSR count). The minimum atomic E-state index is -3.44. The van der Waals surface area contributed by atoms with Crippen molar-refractivity contribution in [2.24, 2.45) is 0 Å². The van der Waals surface area contributed by atoms with Crippen LogP contribution in [0.4, 0.5) is 0 Å². The molecule has 0 atom stereocenters. The Balaban J connectivity index is 1.30. The van der Waals surface area contributed by atoms with E-state index in [1.54, 1.807) is 35.7 Å². The van der Waals surface area contributed by atoms with Gasteiger partial charge in [0.2, 0.25) is 15.9 Å². The average Bonchev–Trinajstić information content (AvgIpc) is 3.32. The predicted octanol–water partition coefficient (Wildman–Crippen LogP) is 3.85. The fraction of sp³-hybridized carbons (Fsp3) is 0.333. The van der Waals surface area contributed by atoms with E-state index >= 15 is 0 Å². The first kappa shape index (κ1) is 23.4. The van der Waals surface area contributed by atoms with Crippen LogP contribution in [0.15, 0.2) is 58.8 Å². The maximum atomic E-state index is 12.7. The van der Waals surface area contributed by atoms with Gasteiger partial charge in [0.05, 0.1) is 24.1 Å². The summed E-state index contributed by atoms with van der Waals surface area (Å²) in [6, 6.07) is 14.4. The van der Waals surface area contributed by atoms with Crippen molar-refractivity contribution in [1.29, 1.82) is 0 Å². The molecule has 0 aliphatic carbocycles. The number of amides is 1. The van der Waals surface area contributed by atoms with Gasteiger partial charge in [0, 0.05) is 30.6 Å². The van der Waals surface area contributed by atoms with Crippen LogP contribution in [0.25, 0.3) is 10.6 Å². The Morgan fingerprint density at radius 3 is 2.42 bits per heavy atom. The summed E-state index contributed by atoms with van der Waals surface area (Å²) in [6.07, 6.45) is 3.08. The number of carbonyl (C=O) groups is 1. The van der Waals surface area contributed by atoms with Crippen LogP contribution in [0.3, 0.4) is 0 Å². The van der Waals surface area contributed by atoms with Crippen LogP contribution >= 0.6 is 11.3 Å². The molecule has 2 heterocycles. The van der Waals surface area contributed by atoms with E-state index in [-0.39, 0.29) is 12.3 Å². The lowest BCUT2D eigenvalue weighted by Crippen LogP contribution is -2.35. The normalized spacial score (nSPS) is 14.7. The third-order valence-electron chi connectivity index (χ3n) is 5.60. The lowest BCUT2D eigenvalue weighted by Gasteiger charge is -2.25. The summed E-state index contributed by atoms with van der Waals surface area (Å²) in [5.74, 6) is 0.652. The highest BCUT2D eigenvalue weighted by atomic mass is 32.2. The molecule has 1 N–H and O–H groups in total. The highest BCUT2D eigenvalue weighted by molar-refractivity contribution is 7.89. The van der Waals surface area contributed by atoms with E-state index in [0.717, 1.165) is 41.1 Å². The number of benzene rings is 2. The Kier molecular flexibility index (Phi) is 7.42. The van der Waals surface area contributed by atoms with Crippen LogP contribution in [-0.4, -0.2) is 43.8 Å². The average molecular weight is 486 g/mol. The molecule has 9 heteroatoms. The molecule has 0 bridgehead atoms. The molecule has 1 aromatic heterocycles. The van der Waals surface area contributed by atoms with Gasteiger partial charge in [0.15, 0.2) is 0 Å².